The van der Waals surface area contributed by atoms with E-state index >= 15 is 0 Å². The van der Waals surface area contributed by atoms with Gasteiger partial charge < -0.3 is 4.90 Å². The van der Waals surface area contributed by atoms with Gasteiger partial charge in [-0.3, -0.25) is 4.79 Å². The van der Waals surface area contributed by atoms with E-state index in [1.807, 2.05) is 24.1 Å². The second-order valence-corrected chi connectivity index (χ2v) is 5.74. The average molecular weight is 322 g/mol. The van der Waals surface area contributed by atoms with Gasteiger partial charge in [0.05, 0.1) is 16.6 Å². The zero-order valence-corrected chi connectivity index (χ0v) is 13.6. The molecule has 21 heavy (non-hydrogen) atoms. The fourth-order valence-electron chi connectivity index (χ4n) is 2.05. The molecule has 2 aromatic rings. The molecular formula is C17H17Cl2NO. The van der Waals surface area contributed by atoms with E-state index in [1.54, 1.807) is 18.2 Å². The molecule has 0 atom stereocenters. The van der Waals surface area contributed by atoms with Crippen molar-refractivity contribution in [1.29, 1.82) is 0 Å². The molecule has 4 heteroatoms. The summed E-state index contributed by atoms with van der Waals surface area (Å²) in [6.07, 6.45) is 1.01. The summed E-state index contributed by atoms with van der Waals surface area (Å²) in [6.45, 7) is 2.41. The molecule has 0 aliphatic rings. The molecule has 0 saturated carbocycles. The predicted molar refractivity (Wildman–Crippen MR) is 89.9 cm³/mol. The Kier molecular flexibility index (Phi) is 5.27. The van der Waals surface area contributed by atoms with Crippen LogP contribution in [0.5, 0.6) is 0 Å². The zero-order chi connectivity index (χ0) is 15.4. The second-order valence-electron chi connectivity index (χ2n) is 4.93. The first-order valence-electron chi connectivity index (χ1n) is 6.79. The van der Waals surface area contributed by atoms with Crippen LogP contribution in [-0.2, 0) is 6.42 Å². The highest BCUT2D eigenvalue weighted by molar-refractivity contribution is 6.42. The topological polar surface area (TPSA) is 20.3 Å². The molecule has 0 spiro atoms. The van der Waals surface area contributed by atoms with E-state index in [0.29, 0.717) is 22.2 Å². The van der Waals surface area contributed by atoms with Crippen LogP contribution in [0.4, 0.5) is 5.69 Å². The summed E-state index contributed by atoms with van der Waals surface area (Å²) >= 11 is 11.8. The van der Waals surface area contributed by atoms with E-state index in [2.05, 4.69) is 19.1 Å². The maximum Gasteiger partial charge on any atom is 0.182 e. The van der Waals surface area contributed by atoms with Crippen molar-refractivity contribution in [1.82, 2.24) is 0 Å². The Morgan fingerprint density at radius 2 is 1.71 bits per heavy atom. The van der Waals surface area contributed by atoms with E-state index in [4.69, 9.17) is 23.2 Å². The number of carbonyl (C=O) groups excluding carboxylic acids is 1. The Morgan fingerprint density at radius 3 is 2.29 bits per heavy atom. The molecule has 2 rings (SSSR count). The summed E-state index contributed by atoms with van der Waals surface area (Å²) < 4.78 is 0. The number of anilines is 1. The normalized spacial score (nSPS) is 10.5. The number of likely N-dealkylation sites (N-methyl/N-ethyl adjacent to an activating group) is 1. The largest absolute Gasteiger partial charge is 0.367 e. The van der Waals surface area contributed by atoms with Crippen LogP contribution in [0.15, 0.2) is 42.5 Å². The molecule has 0 saturated heterocycles. The Balaban J connectivity index is 2.08. The molecular weight excluding hydrogens is 305 g/mol. The lowest BCUT2D eigenvalue weighted by Gasteiger charge is -2.19. The van der Waals surface area contributed by atoms with Crippen LogP contribution in [0.1, 0.15) is 22.8 Å². The van der Waals surface area contributed by atoms with Crippen LogP contribution < -0.4 is 4.90 Å². The van der Waals surface area contributed by atoms with E-state index in [1.165, 1.54) is 5.56 Å². The highest BCUT2D eigenvalue weighted by Crippen LogP contribution is 2.23. The minimum absolute atomic E-state index is 0.00985. The molecule has 0 aromatic heterocycles. The van der Waals surface area contributed by atoms with E-state index in [0.717, 1.165) is 12.1 Å². The monoisotopic (exact) mass is 321 g/mol. The maximum atomic E-state index is 12.3. The predicted octanol–water partition coefficient (Wildman–Crippen LogP) is 4.87. The summed E-state index contributed by atoms with van der Waals surface area (Å²) in [5.41, 5.74) is 2.87. The highest BCUT2D eigenvalue weighted by Gasteiger charge is 2.11. The van der Waals surface area contributed by atoms with Crippen LogP contribution in [0.25, 0.3) is 0 Å². The van der Waals surface area contributed by atoms with Crippen molar-refractivity contribution in [2.75, 3.05) is 18.5 Å². The lowest BCUT2D eigenvalue weighted by molar-refractivity contribution is 0.100. The molecule has 0 aliphatic carbocycles. The Labute approximate surface area is 135 Å². The van der Waals surface area contributed by atoms with Crippen molar-refractivity contribution in [3.05, 3.63) is 63.6 Å². The zero-order valence-electron chi connectivity index (χ0n) is 12.1. The molecule has 0 fully saturated rings. The quantitative estimate of drug-likeness (QED) is 0.732. The minimum atomic E-state index is 0.00985. The second kappa shape index (κ2) is 6.97. The van der Waals surface area contributed by atoms with Crippen molar-refractivity contribution < 1.29 is 4.79 Å². The third-order valence-corrected chi connectivity index (χ3v) is 4.15. The number of halogens is 2. The Bertz CT molecular complexity index is 638. The number of rotatable bonds is 5. The van der Waals surface area contributed by atoms with Crippen LogP contribution in [0, 0.1) is 0 Å². The van der Waals surface area contributed by atoms with Gasteiger partial charge in [0.25, 0.3) is 0 Å². The molecule has 0 aliphatic heterocycles. The standard InChI is InChI=1S/C17H17Cl2NO/c1-3-12-4-7-14(8-5-12)20(2)11-17(21)13-6-9-15(18)16(19)10-13/h4-10H,3,11H2,1-2H3. The third kappa shape index (κ3) is 3.99. The molecule has 110 valence electrons. The van der Waals surface area contributed by atoms with Crippen LogP contribution in [0.3, 0.4) is 0 Å². The number of hydrogen-bond donors (Lipinski definition) is 0. The first kappa shape index (κ1) is 15.9. The third-order valence-electron chi connectivity index (χ3n) is 3.41. The molecule has 0 unspecified atom stereocenters. The van der Waals surface area contributed by atoms with Crippen molar-refractivity contribution in [3.63, 3.8) is 0 Å². The molecule has 0 amide bonds. The molecule has 0 radical (unpaired) electrons. The molecule has 2 aromatic carbocycles. The van der Waals surface area contributed by atoms with Gasteiger partial charge >= 0.3 is 0 Å². The van der Waals surface area contributed by atoms with Gasteiger partial charge in [-0.15, -0.1) is 0 Å². The van der Waals surface area contributed by atoms with Crippen LogP contribution >= 0.6 is 23.2 Å². The van der Waals surface area contributed by atoms with Crippen LogP contribution in [0.2, 0.25) is 10.0 Å². The number of Topliss-reactive ketones (excluding diaryl/α,β-unsaturated/α-hetero) is 1. The number of aryl methyl sites for hydroxylation is 1. The van der Waals surface area contributed by atoms with E-state index in [9.17, 15) is 4.79 Å². The van der Waals surface area contributed by atoms with Gasteiger partial charge in [-0.1, -0.05) is 42.3 Å². The first-order chi connectivity index (χ1) is 10.0. The highest BCUT2D eigenvalue weighted by atomic mass is 35.5. The van der Waals surface area contributed by atoms with Gasteiger partial charge in [-0.05, 0) is 42.3 Å². The number of carbonyl (C=O) groups is 1. The van der Waals surface area contributed by atoms with Gasteiger partial charge in [0.15, 0.2) is 5.78 Å². The molecule has 0 heterocycles. The SMILES string of the molecule is CCc1ccc(N(C)CC(=O)c2ccc(Cl)c(Cl)c2)cc1. The molecule has 0 N–H and O–H groups in total. The number of hydrogen-bond acceptors (Lipinski definition) is 2. The number of benzene rings is 2. The summed E-state index contributed by atoms with van der Waals surface area (Å²) in [4.78, 5) is 14.2. The lowest BCUT2D eigenvalue weighted by Crippen LogP contribution is -2.25. The first-order valence-corrected chi connectivity index (χ1v) is 7.55. The van der Waals surface area contributed by atoms with Gasteiger partial charge in [-0.2, -0.15) is 0 Å². The van der Waals surface area contributed by atoms with Gasteiger partial charge in [0.2, 0.25) is 0 Å². The smallest absolute Gasteiger partial charge is 0.182 e. The molecule has 2 nitrogen and oxygen atoms in total. The number of nitrogens with zero attached hydrogens (tertiary/aromatic N) is 1. The number of ketones is 1. The van der Waals surface area contributed by atoms with Crippen molar-refractivity contribution in [2.45, 2.75) is 13.3 Å². The van der Waals surface area contributed by atoms with E-state index in [-0.39, 0.29) is 5.78 Å². The Hall–Kier alpha value is -1.51. The fourth-order valence-corrected chi connectivity index (χ4v) is 2.35. The summed E-state index contributed by atoms with van der Waals surface area (Å²) in [7, 11) is 1.90. The summed E-state index contributed by atoms with van der Waals surface area (Å²) in [5.74, 6) is 0.00985. The van der Waals surface area contributed by atoms with Crippen molar-refractivity contribution in [3.8, 4) is 0 Å². The summed E-state index contributed by atoms with van der Waals surface area (Å²) in [5, 5.41) is 0.856. The Morgan fingerprint density at radius 1 is 1.05 bits per heavy atom. The molecule has 0 bridgehead atoms. The van der Waals surface area contributed by atoms with Gasteiger partial charge in [-0.25, -0.2) is 0 Å². The van der Waals surface area contributed by atoms with Crippen molar-refractivity contribution in [2.24, 2.45) is 0 Å². The van der Waals surface area contributed by atoms with E-state index < -0.39 is 0 Å². The maximum absolute atomic E-state index is 12.3. The minimum Gasteiger partial charge on any atom is -0.367 e. The van der Waals surface area contributed by atoms with Crippen molar-refractivity contribution >= 4 is 34.7 Å². The van der Waals surface area contributed by atoms with Gasteiger partial charge in [0.1, 0.15) is 0 Å². The average Bonchev–Trinajstić information content (AvgIpc) is 2.50. The summed E-state index contributed by atoms with van der Waals surface area (Å²) in [6, 6.07) is 13.2. The van der Waals surface area contributed by atoms with Crippen LogP contribution in [-0.4, -0.2) is 19.4 Å². The lowest BCUT2D eigenvalue weighted by atomic mass is 10.1. The fraction of sp³-hybridized carbons (Fsp3) is 0.235. The van der Waals surface area contributed by atoms with Gasteiger partial charge in [0, 0.05) is 18.3 Å².